The lowest BCUT2D eigenvalue weighted by molar-refractivity contribution is 0.652. The Labute approximate surface area is 243 Å². The molecule has 0 fully saturated rings. The molecular formula is C39H27N3. The molecule has 1 aliphatic carbocycles. The van der Waals surface area contributed by atoms with E-state index < -0.39 is 0 Å². The van der Waals surface area contributed by atoms with Crippen LogP contribution in [0.4, 0.5) is 0 Å². The number of nitrogens with zero attached hydrogens (tertiary/aromatic N) is 3. The highest BCUT2D eigenvalue weighted by Crippen LogP contribution is 2.52. The Bertz CT molecular complexity index is 2370. The molecule has 0 bridgehead atoms. The number of hydrogen-bond acceptors (Lipinski definition) is 2. The summed E-state index contributed by atoms with van der Waals surface area (Å²) >= 11 is 0. The van der Waals surface area contributed by atoms with Gasteiger partial charge in [0.2, 0.25) is 5.95 Å². The van der Waals surface area contributed by atoms with E-state index in [2.05, 4.69) is 140 Å². The summed E-state index contributed by atoms with van der Waals surface area (Å²) in [6.45, 7) is 4.75. The maximum Gasteiger partial charge on any atom is 0.235 e. The fourth-order valence-corrected chi connectivity index (χ4v) is 7.35. The number of benzene rings is 6. The van der Waals surface area contributed by atoms with Crippen LogP contribution in [0.15, 0.2) is 127 Å². The molecule has 42 heavy (non-hydrogen) atoms. The molecule has 0 unspecified atom stereocenters. The van der Waals surface area contributed by atoms with Gasteiger partial charge in [-0.2, -0.15) is 0 Å². The van der Waals surface area contributed by atoms with Gasteiger partial charge >= 0.3 is 0 Å². The summed E-state index contributed by atoms with van der Waals surface area (Å²) in [5, 5.41) is 6.21. The average Bonchev–Trinajstić information content (AvgIpc) is 3.37. The molecule has 0 amide bonds. The smallest absolute Gasteiger partial charge is 0.235 e. The lowest BCUT2D eigenvalue weighted by Gasteiger charge is -2.36. The summed E-state index contributed by atoms with van der Waals surface area (Å²) in [6, 6.07) is 45.5. The SMILES string of the molecule is CC1(C)c2cccc3cccc(c23)-c2ccc3c(c21)c1ccccc1n3-c1nc(-c2ccccc2)c2ccccc2n1. The number of fused-ring (bicyclic) bond motifs is 7. The standard InChI is InChI=1S/C39H27N3/c1-39(2)30-19-11-15-24-14-10-18-26(34(24)30)27-22-23-33-35(36(27)39)29-17-7-9-21-32(29)42(33)38-40-31-20-8-6-16-28(31)37(41-38)25-12-4-3-5-13-25/h3-23H,1-2H3. The molecule has 0 atom stereocenters. The van der Waals surface area contributed by atoms with E-state index >= 15 is 0 Å². The topological polar surface area (TPSA) is 30.7 Å². The van der Waals surface area contributed by atoms with Crippen molar-refractivity contribution in [1.82, 2.24) is 14.5 Å². The fraction of sp³-hybridized carbons (Fsp3) is 0.0769. The zero-order valence-electron chi connectivity index (χ0n) is 23.5. The Kier molecular flexibility index (Phi) is 4.67. The number of hydrogen-bond donors (Lipinski definition) is 0. The molecule has 0 radical (unpaired) electrons. The molecule has 0 spiro atoms. The molecule has 9 rings (SSSR count). The predicted octanol–water partition coefficient (Wildman–Crippen LogP) is 9.85. The predicted molar refractivity (Wildman–Crippen MR) is 174 cm³/mol. The first-order chi connectivity index (χ1) is 20.6. The van der Waals surface area contributed by atoms with Crippen LogP contribution in [-0.2, 0) is 5.41 Å². The van der Waals surface area contributed by atoms with E-state index in [1.54, 1.807) is 0 Å². The van der Waals surface area contributed by atoms with Crippen molar-refractivity contribution in [1.29, 1.82) is 0 Å². The van der Waals surface area contributed by atoms with Crippen LogP contribution in [0.2, 0.25) is 0 Å². The summed E-state index contributed by atoms with van der Waals surface area (Å²) in [7, 11) is 0. The van der Waals surface area contributed by atoms with E-state index in [1.165, 1.54) is 43.8 Å². The van der Waals surface area contributed by atoms with Crippen LogP contribution in [0.25, 0.3) is 71.8 Å². The third kappa shape index (κ3) is 3.05. The second-order valence-electron chi connectivity index (χ2n) is 11.8. The second kappa shape index (κ2) is 8.37. The highest BCUT2D eigenvalue weighted by molar-refractivity contribution is 6.16. The van der Waals surface area contributed by atoms with Crippen molar-refractivity contribution in [3.63, 3.8) is 0 Å². The van der Waals surface area contributed by atoms with E-state index in [0.717, 1.165) is 33.2 Å². The van der Waals surface area contributed by atoms with Gasteiger partial charge in [0.25, 0.3) is 0 Å². The van der Waals surface area contributed by atoms with E-state index in [1.807, 2.05) is 6.07 Å². The minimum absolute atomic E-state index is 0.197. The van der Waals surface area contributed by atoms with Crippen molar-refractivity contribution in [2.75, 3.05) is 0 Å². The van der Waals surface area contributed by atoms with Crippen molar-refractivity contribution in [2.24, 2.45) is 0 Å². The van der Waals surface area contributed by atoms with Crippen molar-refractivity contribution >= 4 is 43.5 Å². The van der Waals surface area contributed by atoms with Crippen molar-refractivity contribution in [3.8, 4) is 28.3 Å². The molecule has 2 aromatic heterocycles. The van der Waals surface area contributed by atoms with Gasteiger partial charge in [0.05, 0.1) is 22.2 Å². The highest BCUT2D eigenvalue weighted by Gasteiger charge is 2.36. The molecule has 0 aliphatic heterocycles. The van der Waals surface area contributed by atoms with Crippen molar-refractivity contribution in [3.05, 3.63) is 139 Å². The summed E-state index contributed by atoms with van der Waals surface area (Å²) in [4.78, 5) is 10.5. The average molecular weight is 538 g/mol. The summed E-state index contributed by atoms with van der Waals surface area (Å²) in [5.41, 5.74) is 10.4. The molecule has 6 aromatic carbocycles. The molecule has 3 nitrogen and oxygen atoms in total. The third-order valence-corrected chi connectivity index (χ3v) is 9.17. The van der Waals surface area contributed by atoms with E-state index in [0.29, 0.717) is 5.95 Å². The molecule has 2 heterocycles. The largest absolute Gasteiger partial charge is 0.278 e. The minimum atomic E-state index is -0.197. The van der Waals surface area contributed by atoms with Crippen LogP contribution >= 0.6 is 0 Å². The molecule has 0 saturated heterocycles. The fourth-order valence-electron chi connectivity index (χ4n) is 7.35. The van der Waals surface area contributed by atoms with Crippen LogP contribution in [-0.4, -0.2) is 14.5 Å². The lowest BCUT2D eigenvalue weighted by atomic mass is 9.67. The van der Waals surface area contributed by atoms with E-state index in [-0.39, 0.29) is 5.41 Å². The van der Waals surface area contributed by atoms with Crippen LogP contribution < -0.4 is 0 Å². The van der Waals surface area contributed by atoms with Gasteiger partial charge in [-0.1, -0.05) is 123 Å². The monoisotopic (exact) mass is 537 g/mol. The maximum atomic E-state index is 5.28. The Morgan fingerprint density at radius 3 is 2.14 bits per heavy atom. The number of rotatable bonds is 2. The Morgan fingerprint density at radius 1 is 0.548 bits per heavy atom. The molecule has 8 aromatic rings. The molecule has 0 N–H and O–H groups in total. The Balaban J connectivity index is 1.43. The van der Waals surface area contributed by atoms with E-state index in [9.17, 15) is 0 Å². The van der Waals surface area contributed by atoms with Crippen LogP contribution in [0.5, 0.6) is 0 Å². The summed E-state index contributed by atoms with van der Waals surface area (Å²) in [5.74, 6) is 0.690. The van der Waals surface area contributed by atoms with Crippen LogP contribution in [0, 0.1) is 0 Å². The Hall–Kier alpha value is -5.28. The minimum Gasteiger partial charge on any atom is -0.278 e. The van der Waals surface area contributed by atoms with Gasteiger partial charge in [0.15, 0.2) is 0 Å². The first-order valence-corrected chi connectivity index (χ1v) is 14.5. The number of aromatic nitrogens is 3. The normalized spacial score (nSPS) is 13.7. The van der Waals surface area contributed by atoms with E-state index in [4.69, 9.17) is 9.97 Å². The number of para-hydroxylation sites is 2. The van der Waals surface area contributed by atoms with Gasteiger partial charge in [-0.25, -0.2) is 9.97 Å². The maximum absolute atomic E-state index is 5.28. The highest BCUT2D eigenvalue weighted by atomic mass is 15.2. The van der Waals surface area contributed by atoms with Gasteiger partial charge in [-0.3, -0.25) is 4.57 Å². The molecular weight excluding hydrogens is 510 g/mol. The molecule has 198 valence electrons. The third-order valence-electron chi connectivity index (χ3n) is 9.17. The van der Waals surface area contributed by atoms with Gasteiger partial charge in [-0.05, 0) is 51.2 Å². The van der Waals surface area contributed by atoms with Crippen LogP contribution in [0.1, 0.15) is 25.0 Å². The zero-order chi connectivity index (χ0) is 28.0. The molecule has 3 heteroatoms. The van der Waals surface area contributed by atoms with Crippen molar-refractivity contribution in [2.45, 2.75) is 19.3 Å². The lowest BCUT2D eigenvalue weighted by Crippen LogP contribution is -2.24. The van der Waals surface area contributed by atoms with Gasteiger partial charge in [0.1, 0.15) is 0 Å². The molecule has 1 aliphatic rings. The first kappa shape index (κ1) is 23.4. The van der Waals surface area contributed by atoms with Gasteiger partial charge in [0, 0.05) is 27.1 Å². The van der Waals surface area contributed by atoms with Crippen LogP contribution in [0.3, 0.4) is 0 Å². The molecule has 0 saturated carbocycles. The zero-order valence-corrected chi connectivity index (χ0v) is 23.5. The van der Waals surface area contributed by atoms with Gasteiger partial charge < -0.3 is 0 Å². The second-order valence-corrected chi connectivity index (χ2v) is 11.8. The quantitative estimate of drug-likeness (QED) is 0.220. The van der Waals surface area contributed by atoms with Gasteiger partial charge in [-0.15, -0.1) is 0 Å². The summed E-state index contributed by atoms with van der Waals surface area (Å²) in [6.07, 6.45) is 0. The van der Waals surface area contributed by atoms with Crippen molar-refractivity contribution < 1.29 is 0 Å². The summed E-state index contributed by atoms with van der Waals surface area (Å²) < 4.78 is 2.26. The Morgan fingerprint density at radius 2 is 1.29 bits per heavy atom. The first-order valence-electron chi connectivity index (χ1n) is 14.5.